The molecule has 0 aliphatic carbocycles. The molecule has 3 heterocycles. The highest BCUT2D eigenvalue weighted by Gasteiger charge is 2.24. The number of aromatic nitrogens is 4. The van der Waals surface area contributed by atoms with Gasteiger partial charge in [-0.15, -0.1) is 45.2 Å². The number of hydrogen-bond donors (Lipinski definition) is 7. The molecular weight excluding hydrogens is 1090 g/mol. The number of imidazole rings is 1. The van der Waals surface area contributed by atoms with Crippen molar-refractivity contribution in [3.8, 4) is 23.4 Å². The maximum Gasteiger partial charge on any atom is 0.304 e. The first-order valence-electron chi connectivity index (χ1n) is 19.9. The SMILES string of the molecule is CS(=O)(=O)O.Cc1cc(N=Nc2c(SOOO)cc3cc(S(=O)(=O)O)c(N=Nc4c(C)c(C#N)c5nc6ccccc6n5c4O)cc3c2O)c(OCCCS(=O)(=O)O)cc1N=Nc1nnc(SCCC(=O)O)s1. The second-order valence-electron chi connectivity index (χ2n) is 14.6. The number of phenols is 1. The molecule has 0 fully saturated rings. The number of carboxylic acid groups (broad SMARTS) is 1. The third-order valence-corrected chi connectivity index (χ3v) is 13.6. The Morgan fingerprint density at radius 3 is 2.25 bits per heavy atom. The van der Waals surface area contributed by atoms with Gasteiger partial charge >= 0.3 is 5.97 Å². The standard InChI is InChI=1S/C38H31N11O14S5.CH4O3S/c1-18-12-25(28(61-9-5-11-67(55,56)57)16-24(18)41-46-37-47-48-38(65-37)64-10-8-31(50)51)42-45-33-29(66-63-62-54)13-20-14-30(68(58,59)60)26(15-21(20)34(33)52)43-44-32-19(2)22(17-39)35-40-23-6-3-4-7-27(23)49(35)36(32)53;1-5(2,3)4/h3-4,6-7,12-16,52-54H,5,8-11H2,1-2H3,(H,50,51)(H,55,56,57)(H,58,59,60);1H3,(H,2,3,4). The van der Waals surface area contributed by atoms with E-state index in [2.05, 4.69) is 55.2 Å². The van der Waals surface area contributed by atoms with E-state index in [1.807, 2.05) is 6.07 Å². The Balaban J connectivity index is 0.00000166. The summed E-state index contributed by atoms with van der Waals surface area (Å²) in [6, 6.07) is 14.8. The zero-order valence-corrected chi connectivity index (χ0v) is 42.2. The third kappa shape index (κ3) is 14.4. The van der Waals surface area contributed by atoms with Crippen LogP contribution in [-0.4, -0.2) is 109 Å². The van der Waals surface area contributed by atoms with Gasteiger partial charge in [0.25, 0.3) is 35.5 Å². The van der Waals surface area contributed by atoms with Crippen molar-refractivity contribution in [3.63, 3.8) is 0 Å². The van der Waals surface area contributed by atoms with Crippen molar-refractivity contribution in [1.29, 1.82) is 5.26 Å². The molecule has 4 aromatic carbocycles. The predicted molar refractivity (Wildman–Crippen MR) is 260 cm³/mol. The van der Waals surface area contributed by atoms with Crippen LogP contribution in [0.5, 0.6) is 17.4 Å². The first-order chi connectivity index (χ1) is 34.4. The van der Waals surface area contributed by atoms with Crippen LogP contribution in [0.4, 0.5) is 33.6 Å². The highest BCUT2D eigenvalue weighted by atomic mass is 32.2. The van der Waals surface area contributed by atoms with Crippen molar-refractivity contribution in [2.75, 3.05) is 24.4 Å². The lowest BCUT2D eigenvalue weighted by molar-refractivity contribution is -0.432. The van der Waals surface area contributed by atoms with Crippen LogP contribution in [0.15, 0.2) is 99.4 Å². The van der Waals surface area contributed by atoms with Gasteiger partial charge in [-0.25, -0.2) is 10.2 Å². The van der Waals surface area contributed by atoms with Crippen LogP contribution in [-0.2, 0) is 44.5 Å². The summed E-state index contributed by atoms with van der Waals surface area (Å²) in [5.41, 5.74) is 0.675. The Labute approximate surface area is 424 Å². The van der Waals surface area contributed by atoms with E-state index in [0.717, 1.165) is 23.5 Å². The molecule has 7 aromatic rings. The zero-order chi connectivity index (χ0) is 53.4. The minimum absolute atomic E-state index is 0.0122. The summed E-state index contributed by atoms with van der Waals surface area (Å²) in [6.07, 6.45) is 0.473. The molecule has 0 atom stereocenters. The number of nitrogens with zero attached hydrogens (tertiary/aromatic N) is 11. The van der Waals surface area contributed by atoms with Gasteiger partial charge in [0, 0.05) is 22.8 Å². The summed E-state index contributed by atoms with van der Waals surface area (Å²) in [4.78, 5) is 14.4. The highest BCUT2D eigenvalue weighted by Crippen LogP contribution is 2.48. The fraction of sp³-hybridized carbons (Fsp3) is 0.205. The number of aryl methyl sites for hydroxylation is 1. The van der Waals surface area contributed by atoms with Crippen molar-refractivity contribution >= 4 is 132 Å². The smallest absolute Gasteiger partial charge is 0.304 e. The fourth-order valence-electron chi connectivity index (χ4n) is 6.30. The number of azo groups is 3. The van der Waals surface area contributed by atoms with Gasteiger partial charge < -0.3 is 20.1 Å². The van der Waals surface area contributed by atoms with Gasteiger partial charge in [0.15, 0.2) is 21.4 Å². The second kappa shape index (κ2) is 23.3. The van der Waals surface area contributed by atoms with Crippen LogP contribution in [0.2, 0.25) is 0 Å². The van der Waals surface area contributed by atoms with E-state index in [9.17, 15) is 54.6 Å². The van der Waals surface area contributed by atoms with E-state index in [4.69, 9.17) is 19.7 Å². The average molecular weight is 1120 g/mol. The number of aliphatic carboxylic acids is 1. The minimum Gasteiger partial charge on any atom is -0.505 e. The van der Waals surface area contributed by atoms with Crippen LogP contribution < -0.4 is 4.74 Å². The molecule has 0 amide bonds. The monoisotopic (exact) mass is 1120 g/mol. The number of phenolic OH excluding ortho intramolecular Hbond substituents is 1. The van der Waals surface area contributed by atoms with Crippen LogP contribution in [0.1, 0.15) is 29.5 Å². The quantitative estimate of drug-likeness (QED) is 0.00754. The van der Waals surface area contributed by atoms with Crippen LogP contribution >= 0.6 is 35.1 Å². The Kier molecular flexibility index (Phi) is 17.7. The topological polar surface area (TPSA) is 430 Å². The maximum atomic E-state index is 12.8. The van der Waals surface area contributed by atoms with E-state index < -0.39 is 64.3 Å². The molecule has 7 N–H and O–H groups in total. The van der Waals surface area contributed by atoms with E-state index in [1.165, 1.54) is 41.3 Å². The molecule has 0 unspecified atom stereocenters. The number of thioether (sulfide) groups is 1. The molecule has 73 heavy (non-hydrogen) atoms. The number of carboxylic acids is 1. The summed E-state index contributed by atoms with van der Waals surface area (Å²) in [6.45, 7) is 2.84. The molecule has 0 bridgehead atoms. The number of fused-ring (bicyclic) bond motifs is 4. The molecule has 0 aliphatic heterocycles. The number of carbonyl (C=O) groups is 1. The summed E-state index contributed by atoms with van der Waals surface area (Å²) in [5.74, 6) is -2.55. The molecule has 28 nitrogen and oxygen atoms in total. The van der Waals surface area contributed by atoms with E-state index in [-0.39, 0.29) is 91.3 Å². The van der Waals surface area contributed by atoms with Gasteiger partial charge in [0.05, 0.1) is 58.7 Å². The predicted octanol–water partition coefficient (Wildman–Crippen LogP) is 9.04. The van der Waals surface area contributed by atoms with Crippen molar-refractivity contribution in [3.05, 3.63) is 71.3 Å². The van der Waals surface area contributed by atoms with Gasteiger partial charge in [-0.05, 0) is 67.6 Å². The highest BCUT2D eigenvalue weighted by molar-refractivity contribution is 8.01. The van der Waals surface area contributed by atoms with Gasteiger partial charge in [-0.2, -0.15) is 30.5 Å². The molecule has 7 rings (SSSR count). The summed E-state index contributed by atoms with van der Waals surface area (Å²) in [7, 11) is -13.1. The number of nitriles is 1. The lowest BCUT2D eigenvalue weighted by Gasteiger charge is -2.13. The molecule has 384 valence electrons. The lowest BCUT2D eigenvalue weighted by atomic mass is 10.1. The van der Waals surface area contributed by atoms with Crippen LogP contribution in [0, 0.1) is 25.2 Å². The minimum atomic E-state index is -5.08. The Hall–Kier alpha value is -6.88. The number of para-hydroxylation sites is 2. The van der Waals surface area contributed by atoms with Crippen molar-refractivity contribution < 1.29 is 78.4 Å². The van der Waals surface area contributed by atoms with Crippen molar-refractivity contribution in [1.82, 2.24) is 19.6 Å². The van der Waals surface area contributed by atoms with Crippen LogP contribution in [0.3, 0.4) is 0 Å². The Morgan fingerprint density at radius 1 is 0.890 bits per heavy atom. The van der Waals surface area contributed by atoms with E-state index in [0.29, 0.717) is 39.2 Å². The lowest BCUT2D eigenvalue weighted by Crippen LogP contribution is -2.08. The Morgan fingerprint density at radius 2 is 1.58 bits per heavy atom. The molecule has 0 spiro atoms. The number of pyridine rings is 1. The molecule has 3 aromatic heterocycles. The molecule has 0 saturated carbocycles. The first kappa shape index (κ1) is 55.4. The van der Waals surface area contributed by atoms with Gasteiger partial charge in [0.2, 0.25) is 5.88 Å². The van der Waals surface area contributed by atoms with Crippen LogP contribution in [0.25, 0.3) is 27.5 Å². The number of rotatable bonds is 19. The average Bonchev–Trinajstić information content (AvgIpc) is 3.93. The molecule has 0 radical (unpaired) electrons. The number of benzene rings is 4. The van der Waals surface area contributed by atoms with E-state index in [1.54, 1.807) is 31.2 Å². The molecule has 0 saturated heterocycles. The molecule has 34 heteroatoms. The normalized spacial score (nSPS) is 12.4. The van der Waals surface area contributed by atoms with Gasteiger partial charge in [0.1, 0.15) is 39.3 Å². The molecular formula is C39H35N11O17S6. The number of aromatic hydroxyl groups is 2. The maximum absolute atomic E-state index is 12.8. The largest absolute Gasteiger partial charge is 0.505 e. The van der Waals surface area contributed by atoms with Crippen molar-refractivity contribution in [2.24, 2.45) is 30.7 Å². The molecule has 0 aliphatic rings. The summed E-state index contributed by atoms with van der Waals surface area (Å²) in [5, 5.41) is 87.7. The summed E-state index contributed by atoms with van der Waals surface area (Å²) < 4.78 is 106. The summed E-state index contributed by atoms with van der Waals surface area (Å²) >= 11 is 2.55. The van der Waals surface area contributed by atoms with E-state index >= 15 is 0 Å². The number of hydrogen-bond acceptors (Lipinski definition) is 26. The number of ether oxygens (including phenoxy) is 1. The Bertz CT molecular complexity index is 3760. The van der Waals surface area contributed by atoms with Gasteiger partial charge in [-0.3, -0.25) is 22.9 Å². The third-order valence-electron chi connectivity index (χ3n) is 9.39. The second-order valence-corrected chi connectivity index (χ2v) is 22.1. The van der Waals surface area contributed by atoms with Crippen molar-refractivity contribution in [2.45, 2.75) is 40.8 Å². The van der Waals surface area contributed by atoms with Gasteiger partial charge in [-0.1, -0.05) is 40.3 Å². The fourth-order valence-corrected chi connectivity index (χ4v) is 9.58. The first-order valence-corrected chi connectivity index (χ1v) is 27.4. The zero-order valence-electron chi connectivity index (χ0n) is 37.3.